The number of fused-ring (bicyclic) bond motifs is 1. The summed E-state index contributed by atoms with van der Waals surface area (Å²) in [5, 5.41) is 6.93. The lowest BCUT2D eigenvalue weighted by atomic mass is 10.2. The Bertz CT molecular complexity index is 1140. The summed E-state index contributed by atoms with van der Waals surface area (Å²) in [5.74, 6) is 0.623. The van der Waals surface area contributed by atoms with Gasteiger partial charge in [-0.15, -0.1) is 0 Å². The van der Waals surface area contributed by atoms with Gasteiger partial charge in [0.1, 0.15) is 4.90 Å². The highest BCUT2D eigenvalue weighted by Crippen LogP contribution is 2.27. The highest BCUT2D eigenvalue weighted by atomic mass is 32.2. The van der Waals surface area contributed by atoms with E-state index in [1.165, 1.54) is 18.9 Å². The van der Waals surface area contributed by atoms with E-state index in [0.717, 1.165) is 24.4 Å². The van der Waals surface area contributed by atoms with E-state index in [1.54, 1.807) is 42.6 Å². The highest BCUT2D eigenvalue weighted by Gasteiger charge is 2.20. The largest absolute Gasteiger partial charge is 0.351 e. The Morgan fingerprint density at radius 2 is 1.77 bits per heavy atom. The molecule has 3 aromatic rings. The number of nitrogens with one attached hydrogen (secondary N) is 3. The summed E-state index contributed by atoms with van der Waals surface area (Å²) in [7, 11) is -3.82. The molecule has 1 aromatic heterocycles. The van der Waals surface area contributed by atoms with Crippen molar-refractivity contribution in [2.24, 2.45) is 5.92 Å². The molecule has 7 nitrogen and oxygen atoms in total. The van der Waals surface area contributed by atoms with E-state index in [2.05, 4.69) is 20.3 Å². The lowest BCUT2D eigenvalue weighted by Gasteiger charge is -2.11. The molecule has 0 aliphatic heterocycles. The second-order valence-electron chi connectivity index (χ2n) is 7.42. The predicted molar refractivity (Wildman–Crippen MR) is 117 cm³/mol. The first-order valence-electron chi connectivity index (χ1n) is 9.98. The van der Waals surface area contributed by atoms with E-state index in [-0.39, 0.29) is 10.8 Å². The number of para-hydroxylation sites is 1. The monoisotopic (exact) mass is 424 g/mol. The average Bonchev–Trinajstić information content (AvgIpc) is 3.57. The molecule has 0 atom stereocenters. The molecule has 0 unspecified atom stereocenters. The smallest absolute Gasteiger partial charge is 0.264 e. The first kappa shape index (κ1) is 20.3. The molecule has 156 valence electrons. The molecule has 30 heavy (non-hydrogen) atoms. The van der Waals surface area contributed by atoms with Crippen molar-refractivity contribution in [1.29, 1.82) is 0 Å². The summed E-state index contributed by atoms with van der Waals surface area (Å²) in [4.78, 5) is 16.5. The van der Waals surface area contributed by atoms with Crippen LogP contribution in [0.4, 0.5) is 5.69 Å². The molecule has 3 N–H and O–H groups in total. The van der Waals surface area contributed by atoms with E-state index in [4.69, 9.17) is 0 Å². The van der Waals surface area contributed by atoms with Crippen molar-refractivity contribution in [3.05, 3.63) is 66.4 Å². The first-order chi connectivity index (χ1) is 14.5. The van der Waals surface area contributed by atoms with Crippen LogP contribution in [0.15, 0.2) is 65.7 Å². The number of carbonyl (C=O) groups excluding carboxylic acids is 1. The van der Waals surface area contributed by atoms with E-state index in [1.807, 2.05) is 12.1 Å². The van der Waals surface area contributed by atoms with Crippen LogP contribution in [0.2, 0.25) is 0 Å². The van der Waals surface area contributed by atoms with Gasteiger partial charge in [0.25, 0.3) is 15.9 Å². The maximum atomic E-state index is 12.9. The third kappa shape index (κ3) is 4.95. The maximum Gasteiger partial charge on any atom is 0.264 e. The van der Waals surface area contributed by atoms with Gasteiger partial charge >= 0.3 is 0 Å². The fourth-order valence-electron chi connectivity index (χ4n) is 3.19. The minimum absolute atomic E-state index is 0.112. The molecule has 2 aromatic carbocycles. The average molecular weight is 425 g/mol. The van der Waals surface area contributed by atoms with Crippen molar-refractivity contribution in [2.75, 3.05) is 24.4 Å². The summed E-state index contributed by atoms with van der Waals surface area (Å²) in [6, 6.07) is 15.0. The zero-order valence-corrected chi connectivity index (χ0v) is 17.3. The number of rotatable bonds is 9. The number of hydrogen-bond donors (Lipinski definition) is 3. The lowest BCUT2D eigenvalue weighted by molar-refractivity contribution is 0.0954. The summed E-state index contributed by atoms with van der Waals surface area (Å²) in [6.07, 6.45) is 4.16. The van der Waals surface area contributed by atoms with Gasteiger partial charge in [0.15, 0.2) is 0 Å². The molecule has 0 bridgehead atoms. The number of pyridine rings is 1. The fraction of sp³-hybridized carbons (Fsp3) is 0.273. The van der Waals surface area contributed by atoms with Crippen molar-refractivity contribution in [2.45, 2.75) is 17.7 Å². The molecule has 1 saturated carbocycles. The minimum Gasteiger partial charge on any atom is -0.351 e. The third-order valence-electron chi connectivity index (χ3n) is 5.00. The molecule has 1 fully saturated rings. The number of sulfonamides is 1. The molecule has 8 heteroatoms. The summed E-state index contributed by atoms with van der Waals surface area (Å²) in [6.45, 7) is 2.30. The summed E-state index contributed by atoms with van der Waals surface area (Å²) in [5.41, 5.74) is 1.27. The van der Waals surface area contributed by atoms with Crippen LogP contribution in [0.5, 0.6) is 0 Å². The second-order valence-corrected chi connectivity index (χ2v) is 9.07. The van der Waals surface area contributed by atoms with Crippen molar-refractivity contribution in [3.63, 3.8) is 0 Å². The number of anilines is 1. The van der Waals surface area contributed by atoms with Crippen LogP contribution in [0.3, 0.4) is 0 Å². The van der Waals surface area contributed by atoms with Crippen LogP contribution in [-0.4, -0.2) is 38.9 Å². The Morgan fingerprint density at radius 3 is 2.53 bits per heavy atom. The zero-order chi connectivity index (χ0) is 21.0. The van der Waals surface area contributed by atoms with Gasteiger partial charge in [0.05, 0.1) is 5.52 Å². The Kier molecular flexibility index (Phi) is 5.96. The van der Waals surface area contributed by atoms with Gasteiger partial charge in [-0.2, -0.15) is 0 Å². The summed E-state index contributed by atoms with van der Waals surface area (Å²) < 4.78 is 28.3. The number of aromatic nitrogens is 1. The van der Waals surface area contributed by atoms with Gasteiger partial charge in [-0.3, -0.25) is 14.5 Å². The molecule has 1 aliphatic rings. The third-order valence-corrected chi connectivity index (χ3v) is 6.41. The van der Waals surface area contributed by atoms with Gasteiger partial charge in [-0.25, -0.2) is 8.42 Å². The number of carbonyl (C=O) groups is 1. The Labute approximate surface area is 176 Å². The van der Waals surface area contributed by atoms with Crippen molar-refractivity contribution >= 4 is 32.5 Å². The molecule has 1 aliphatic carbocycles. The molecule has 0 saturated heterocycles. The van der Waals surface area contributed by atoms with Crippen molar-refractivity contribution in [1.82, 2.24) is 15.6 Å². The van der Waals surface area contributed by atoms with E-state index < -0.39 is 10.0 Å². The maximum absolute atomic E-state index is 12.9. The summed E-state index contributed by atoms with van der Waals surface area (Å²) >= 11 is 0. The SMILES string of the molecule is O=C(NCCNCC1CC1)c1ccc(NS(=O)(=O)c2cccc3cccnc23)cc1. The molecule has 4 rings (SSSR count). The van der Waals surface area contributed by atoms with E-state index in [0.29, 0.717) is 23.3 Å². The first-order valence-corrected chi connectivity index (χ1v) is 11.5. The van der Waals surface area contributed by atoms with Gasteiger partial charge in [-0.1, -0.05) is 18.2 Å². The quantitative estimate of drug-likeness (QED) is 0.459. The van der Waals surface area contributed by atoms with Crippen LogP contribution < -0.4 is 15.4 Å². The van der Waals surface area contributed by atoms with Crippen LogP contribution in [0, 0.1) is 5.92 Å². The Balaban J connectivity index is 1.38. The van der Waals surface area contributed by atoms with E-state index in [9.17, 15) is 13.2 Å². The molecule has 1 heterocycles. The standard InChI is InChI=1S/C22H24N4O3S/c27-22(25-14-13-23-15-16-6-7-16)18-8-10-19(11-9-18)26-30(28,29)20-5-1-3-17-4-2-12-24-21(17)20/h1-5,8-12,16,23,26H,6-7,13-15H2,(H,25,27). The molecule has 0 radical (unpaired) electrons. The van der Waals surface area contributed by atoms with Crippen LogP contribution >= 0.6 is 0 Å². The van der Waals surface area contributed by atoms with Gasteiger partial charge < -0.3 is 10.6 Å². The van der Waals surface area contributed by atoms with Gasteiger partial charge in [-0.05, 0) is 61.7 Å². The van der Waals surface area contributed by atoms with Crippen LogP contribution in [0.1, 0.15) is 23.2 Å². The number of hydrogen-bond acceptors (Lipinski definition) is 5. The highest BCUT2D eigenvalue weighted by molar-refractivity contribution is 7.93. The number of amides is 1. The number of benzene rings is 2. The van der Waals surface area contributed by atoms with Crippen molar-refractivity contribution < 1.29 is 13.2 Å². The van der Waals surface area contributed by atoms with Crippen molar-refractivity contribution in [3.8, 4) is 0 Å². The Hall–Kier alpha value is -2.97. The predicted octanol–water partition coefficient (Wildman–Crippen LogP) is 2.77. The molecule has 0 spiro atoms. The van der Waals surface area contributed by atoms with Crippen LogP contribution in [0.25, 0.3) is 10.9 Å². The number of nitrogens with zero attached hydrogens (tertiary/aromatic N) is 1. The molecule has 1 amide bonds. The van der Waals surface area contributed by atoms with Gasteiger partial charge in [0.2, 0.25) is 0 Å². The molecular formula is C22H24N4O3S. The Morgan fingerprint density at radius 1 is 1.00 bits per heavy atom. The topological polar surface area (TPSA) is 100 Å². The van der Waals surface area contributed by atoms with Gasteiger partial charge in [0, 0.05) is 35.9 Å². The zero-order valence-electron chi connectivity index (χ0n) is 16.5. The van der Waals surface area contributed by atoms with Crippen LogP contribution in [-0.2, 0) is 10.0 Å². The minimum atomic E-state index is -3.82. The molecular weight excluding hydrogens is 400 g/mol. The lowest BCUT2D eigenvalue weighted by Crippen LogP contribution is -2.32. The fourth-order valence-corrected chi connectivity index (χ4v) is 4.43. The van der Waals surface area contributed by atoms with E-state index >= 15 is 0 Å². The second kappa shape index (κ2) is 8.81. The normalized spacial score (nSPS) is 13.9.